The molecular weight excluding hydrogens is 444 g/mol. The molecule has 0 saturated carbocycles. The van der Waals surface area contributed by atoms with Gasteiger partial charge in [-0.25, -0.2) is 4.79 Å². The normalized spacial score (nSPS) is 17.4. The van der Waals surface area contributed by atoms with E-state index < -0.39 is 17.5 Å². The van der Waals surface area contributed by atoms with Crippen LogP contribution in [0.4, 0.5) is 10.5 Å². The molecule has 10 nitrogen and oxygen atoms in total. The lowest BCUT2D eigenvalue weighted by molar-refractivity contribution is -0.123. The van der Waals surface area contributed by atoms with Gasteiger partial charge in [0.1, 0.15) is 11.3 Å². The first-order valence-corrected chi connectivity index (χ1v) is 10.5. The molecular formula is C22H22N6O4S. The lowest BCUT2D eigenvalue weighted by Gasteiger charge is -2.21. The Morgan fingerprint density at radius 3 is 2.64 bits per heavy atom. The summed E-state index contributed by atoms with van der Waals surface area (Å²) < 4.78 is 7.35. The fourth-order valence-corrected chi connectivity index (χ4v) is 3.80. The second-order valence-corrected chi connectivity index (χ2v) is 8.03. The van der Waals surface area contributed by atoms with Crippen molar-refractivity contribution in [3.05, 3.63) is 58.9 Å². The van der Waals surface area contributed by atoms with Gasteiger partial charge in [-0.2, -0.15) is 5.10 Å². The summed E-state index contributed by atoms with van der Waals surface area (Å²) in [7, 11) is 1.60. The van der Waals surface area contributed by atoms with Gasteiger partial charge in [-0.15, -0.1) is 0 Å². The van der Waals surface area contributed by atoms with Gasteiger partial charge in [0, 0.05) is 24.2 Å². The molecule has 4 amide bonds. The first-order chi connectivity index (χ1) is 15.8. The third-order valence-corrected chi connectivity index (χ3v) is 5.75. The van der Waals surface area contributed by atoms with Gasteiger partial charge in [-0.05, 0) is 61.1 Å². The van der Waals surface area contributed by atoms with E-state index in [9.17, 15) is 14.4 Å². The van der Waals surface area contributed by atoms with Crippen molar-refractivity contribution in [3.63, 3.8) is 0 Å². The maximum Gasteiger partial charge on any atom is 0.322 e. The van der Waals surface area contributed by atoms with Crippen LogP contribution in [0.3, 0.4) is 0 Å². The van der Waals surface area contributed by atoms with E-state index in [2.05, 4.69) is 26.1 Å². The largest absolute Gasteiger partial charge is 0.497 e. The van der Waals surface area contributed by atoms with E-state index in [0.717, 1.165) is 11.3 Å². The van der Waals surface area contributed by atoms with Gasteiger partial charge in [-0.1, -0.05) is 12.1 Å². The Morgan fingerprint density at radius 2 is 1.97 bits per heavy atom. The van der Waals surface area contributed by atoms with Gasteiger partial charge in [0.15, 0.2) is 10.6 Å². The van der Waals surface area contributed by atoms with Crippen LogP contribution in [0, 0.1) is 4.77 Å². The number of carbonyl (C=O) groups excluding carboxylic acids is 3. The van der Waals surface area contributed by atoms with Crippen molar-refractivity contribution in [2.75, 3.05) is 12.4 Å². The minimum atomic E-state index is -1.20. The zero-order chi connectivity index (χ0) is 23.6. The molecule has 33 heavy (non-hydrogen) atoms. The lowest BCUT2D eigenvalue weighted by Crippen LogP contribution is -2.40. The van der Waals surface area contributed by atoms with Crippen molar-refractivity contribution >= 4 is 35.8 Å². The van der Waals surface area contributed by atoms with Crippen LogP contribution in [0.2, 0.25) is 0 Å². The van der Waals surface area contributed by atoms with Gasteiger partial charge in [-0.3, -0.25) is 24.6 Å². The number of aromatic nitrogens is 3. The minimum Gasteiger partial charge on any atom is -0.497 e. The summed E-state index contributed by atoms with van der Waals surface area (Å²) in [6.07, 6.45) is 0.149. The maximum absolute atomic E-state index is 12.6. The highest BCUT2D eigenvalue weighted by molar-refractivity contribution is 7.71. The fourth-order valence-electron chi connectivity index (χ4n) is 3.58. The number of ether oxygens (including phenoxy) is 1. The number of urea groups is 1. The molecule has 1 aliphatic rings. The van der Waals surface area contributed by atoms with E-state index in [1.807, 2.05) is 24.3 Å². The third kappa shape index (κ3) is 4.48. The number of nitrogens with one attached hydrogen (secondary N) is 4. The highest BCUT2D eigenvalue weighted by Crippen LogP contribution is 2.27. The number of methoxy groups -OCH3 is 1. The molecule has 1 unspecified atom stereocenters. The molecule has 1 saturated heterocycles. The number of hydrogen-bond acceptors (Lipinski definition) is 6. The van der Waals surface area contributed by atoms with Crippen molar-refractivity contribution < 1.29 is 19.1 Å². The predicted octanol–water partition coefficient (Wildman–Crippen LogP) is 2.70. The van der Waals surface area contributed by atoms with Crippen LogP contribution in [-0.4, -0.2) is 39.7 Å². The first-order valence-electron chi connectivity index (χ1n) is 10.1. The van der Waals surface area contributed by atoms with Crippen LogP contribution in [0.5, 0.6) is 5.75 Å². The van der Waals surface area contributed by atoms with E-state index in [-0.39, 0.29) is 12.3 Å². The molecule has 0 spiro atoms. The van der Waals surface area contributed by atoms with Crippen LogP contribution >= 0.6 is 12.2 Å². The second kappa shape index (κ2) is 8.87. The van der Waals surface area contributed by atoms with Gasteiger partial charge in [0.2, 0.25) is 5.91 Å². The number of benzene rings is 2. The molecule has 0 radical (unpaired) electrons. The van der Waals surface area contributed by atoms with Crippen molar-refractivity contribution in [3.8, 4) is 17.1 Å². The summed E-state index contributed by atoms with van der Waals surface area (Å²) in [4.78, 5) is 36.4. The number of nitrogens with zero attached hydrogens (tertiary/aromatic N) is 2. The highest BCUT2D eigenvalue weighted by Gasteiger charge is 2.43. The maximum atomic E-state index is 12.6. The van der Waals surface area contributed by atoms with Crippen molar-refractivity contribution in [2.24, 2.45) is 0 Å². The molecule has 0 bridgehead atoms. The van der Waals surface area contributed by atoms with E-state index >= 15 is 0 Å². The Labute approximate surface area is 194 Å². The van der Waals surface area contributed by atoms with Crippen LogP contribution in [0.15, 0.2) is 48.5 Å². The predicted molar refractivity (Wildman–Crippen MR) is 123 cm³/mol. The molecule has 1 aromatic heterocycles. The Balaban J connectivity index is 1.45. The molecule has 4 rings (SSSR count). The smallest absolute Gasteiger partial charge is 0.322 e. The average Bonchev–Trinajstić information content (AvgIpc) is 3.30. The summed E-state index contributed by atoms with van der Waals surface area (Å²) >= 11 is 5.33. The summed E-state index contributed by atoms with van der Waals surface area (Å²) in [5.74, 6) is 0.662. The monoisotopic (exact) mass is 466 g/mol. The number of H-pyrrole nitrogens is 1. The second-order valence-electron chi connectivity index (χ2n) is 7.64. The Kier molecular flexibility index (Phi) is 5.97. The molecule has 2 aromatic carbocycles. The molecule has 0 aliphatic carbocycles. The highest BCUT2D eigenvalue weighted by atomic mass is 32.1. The van der Waals surface area contributed by atoms with E-state index in [1.165, 1.54) is 0 Å². The molecule has 1 fully saturated rings. The Morgan fingerprint density at radius 1 is 1.21 bits per heavy atom. The number of carbonyl (C=O) groups is 3. The zero-order valence-electron chi connectivity index (χ0n) is 18.0. The molecule has 11 heteroatoms. The first kappa shape index (κ1) is 22.2. The molecule has 4 N–H and O–H groups in total. The van der Waals surface area contributed by atoms with Gasteiger partial charge < -0.3 is 15.4 Å². The topological polar surface area (TPSA) is 130 Å². The molecule has 3 aromatic rings. The molecule has 170 valence electrons. The lowest BCUT2D eigenvalue weighted by atomic mass is 9.92. The number of aromatic amines is 1. The average molecular weight is 467 g/mol. The van der Waals surface area contributed by atoms with Crippen molar-refractivity contribution in [1.82, 2.24) is 25.4 Å². The summed E-state index contributed by atoms with van der Waals surface area (Å²) in [5.41, 5.74) is 0.706. The van der Waals surface area contributed by atoms with Gasteiger partial charge in [0.25, 0.3) is 5.91 Å². The Bertz CT molecular complexity index is 1280. The van der Waals surface area contributed by atoms with Crippen LogP contribution < -0.4 is 20.7 Å². The zero-order valence-corrected chi connectivity index (χ0v) is 18.8. The SMILES string of the molecule is COc1ccc(-c2n[nH]c(=S)n2CCC(=O)Nc2cccc(C3(C)NC(=O)NC3=O)c2)cc1. The molecule has 1 atom stereocenters. The Hall–Kier alpha value is -3.99. The van der Waals surface area contributed by atoms with E-state index in [1.54, 1.807) is 42.9 Å². The van der Waals surface area contributed by atoms with Crippen molar-refractivity contribution in [1.29, 1.82) is 0 Å². The third-order valence-electron chi connectivity index (χ3n) is 5.44. The fraction of sp³-hybridized carbons (Fsp3) is 0.227. The minimum absolute atomic E-state index is 0.149. The van der Waals surface area contributed by atoms with E-state index in [0.29, 0.717) is 28.4 Å². The van der Waals surface area contributed by atoms with Crippen LogP contribution in [0.1, 0.15) is 18.9 Å². The number of hydrogen-bond donors (Lipinski definition) is 4. The van der Waals surface area contributed by atoms with Crippen molar-refractivity contribution in [2.45, 2.75) is 25.4 Å². The standard InChI is InChI=1S/C22H22N6O4S/c1-22(19(30)24-20(31)25-22)14-4-3-5-15(12-14)23-17(29)10-11-28-18(26-27-21(28)33)13-6-8-16(32-2)9-7-13/h3-9,12H,10-11H2,1-2H3,(H,23,29)(H,27,33)(H2,24,25,30,31). The molecule has 1 aliphatic heterocycles. The van der Waals surface area contributed by atoms with Crippen LogP contribution in [-0.2, 0) is 21.7 Å². The van der Waals surface area contributed by atoms with Gasteiger partial charge >= 0.3 is 6.03 Å². The number of imide groups is 1. The number of rotatable bonds is 7. The van der Waals surface area contributed by atoms with E-state index in [4.69, 9.17) is 17.0 Å². The van der Waals surface area contributed by atoms with Crippen LogP contribution in [0.25, 0.3) is 11.4 Å². The quantitative estimate of drug-likeness (QED) is 0.313. The number of anilines is 1. The summed E-state index contributed by atoms with van der Waals surface area (Å²) in [6.45, 7) is 1.92. The van der Waals surface area contributed by atoms with Gasteiger partial charge in [0.05, 0.1) is 7.11 Å². The summed E-state index contributed by atoms with van der Waals surface area (Å²) in [6, 6.07) is 13.6. The molecule has 2 heterocycles. The summed E-state index contributed by atoms with van der Waals surface area (Å²) in [5, 5.41) is 14.7. The number of amides is 4.